The minimum absolute atomic E-state index is 0.735. The second-order valence-electron chi connectivity index (χ2n) is 3.82. The van der Waals surface area contributed by atoms with Crippen LogP contribution in [0.15, 0.2) is 48.9 Å². The largest absolute Gasteiger partial charge is 0.291 e. The molecule has 0 bridgehead atoms. The summed E-state index contributed by atoms with van der Waals surface area (Å²) in [6, 6.07) is 10.2. The van der Waals surface area contributed by atoms with E-state index in [1.54, 1.807) is 6.20 Å². The highest BCUT2D eigenvalue weighted by Gasteiger charge is 2.03. The van der Waals surface area contributed by atoms with Crippen LogP contribution in [0.25, 0.3) is 17.0 Å². The third-order valence-electron chi connectivity index (χ3n) is 2.55. The summed E-state index contributed by atoms with van der Waals surface area (Å²) in [7, 11) is 0. The maximum absolute atomic E-state index is 4.48. The summed E-state index contributed by atoms with van der Waals surface area (Å²) in [6.07, 6.45) is 5.70. The Balaban J connectivity index is 2.19. The number of hydrogen-bond acceptors (Lipinski definition) is 2. The van der Waals surface area contributed by atoms with Gasteiger partial charge < -0.3 is 0 Å². The van der Waals surface area contributed by atoms with E-state index in [0.717, 1.165) is 17.0 Å². The molecule has 2 aromatic heterocycles. The molecule has 3 rings (SSSR count). The highest BCUT2D eigenvalue weighted by molar-refractivity contribution is 5.61. The second kappa shape index (κ2) is 3.45. The third kappa shape index (κ3) is 1.46. The summed E-state index contributed by atoms with van der Waals surface area (Å²) in [4.78, 5) is 8.68. The maximum atomic E-state index is 4.48. The molecule has 3 heteroatoms. The van der Waals surface area contributed by atoms with Crippen molar-refractivity contribution in [2.24, 2.45) is 0 Å². The highest BCUT2D eigenvalue weighted by atomic mass is 15.1. The zero-order valence-electron chi connectivity index (χ0n) is 8.96. The highest BCUT2D eigenvalue weighted by Crippen LogP contribution is 2.19. The molecule has 0 saturated heterocycles. The van der Waals surface area contributed by atoms with Crippen LogP contribution in [0.4, 0.5) is 0 Å². The van der Waals surface area contributed by atoms with Crippen LogP contribution >= 0.6 is 0 Å². The molecule has 0 saturated carbocycles. The predicted octanol–water partition coefficient (Wildman–Crippen LogP) is 2.70. The molecule has 3 aromatic rings. The van der Waals surface area contributed by atoms with Gasteiger partial charge in [0, 0.05) is 24.2 Å². The number of imidazole rings is 1. The summed E-state index contributed by atoms with van der Waals surface area (Å²) in [5, 5.41) is 0. The quantitative estimate of drug-likeness (QED) is 0.616. The molecule has 0 fully saturated rings. The van der Waals surface area contributed by atoms with Crippen LogP contribution in [-0.2, 0) is 0 Å². The monoisotopic (exact) mass is 209 g/mol. The van der Waals surface area contributed by atoms with Crippen molar-refractivity contribution in [2.75, 3.05) is 0 Å². The van der Waals surface area contributed by atoms with Gasteiger partial charge >= 0.3 is 0 Å². The molecule has 0 aliphatic heterocycles. The van der Waals surface area contributed by atoms with E-state index >= 15 is 0 Å². The van der Waals surface area contributed by atoms with E-state index in [4.69, 9.17) is 0 Å². The molecule has 0 aliphatic rings. The fourth-order valence-electron chi connectivity index (χ4n) is 1.77. The van der Waals surface area contributed by atoms with Crippen molar-refractivity contribution in [1.82, 2.24) is 14.4 Å². The number of rotatable bonds is 1. The Kier molecular flexibility index (Phi) is 1.96. The molecule has 16 heavy (non-hydrogen) atoms. The second-order valence-corrected chi connectivity index (χ2v) is 3.82. The molecule has 0 spiro atoms. The van der Waals surface area contributed by atoms with Crippen LogP contribution in [0.1, 0.15) is 5.56 Å². The molecule has 0 amide bonds. The summed E-state index contributed by atoms with van der Waals surface area (Å²) in [5.41, 5.74) is 3.33. The first-order valence-electron chi connectivity index (χ1n) is 5.20. The lowest BCUT2D eigenvalue weighted by molar-refractivity contribution is 1.11. The summed E-state index contributed by atoms with van der Waals surface area (Å²) in [5.74, 6) is 0.735. The van der Waals surface area contributed by atoms with Gasteiger partial charge in [0.25, 0.3) is 0 Å². The molecule has 0 radical (unpaired) electrons. The van der Waals surface area contributed by atoms with E-state index in [1.807, 2.05) is 28.9 Å². The first-order chi connectivity index (χ1) is 7.83. The van der Waals surface area contributed by atoms with E-state index in [0.29, 0.717) is 0 Å². The first kappa shape index (κ1) is 9.09. The minimum atomic E-state index is 0.735. The maximum Gasteiger partial charge on any atom is 0.234 e. The zero-order valence-corrected chi connectivity index (χ0v) is 8.96. The van der Waals surface area contributed by atoms with Gasteiger partial charge in [-0.15, -0.1) is 0 Å². The van der Waals surface area contributed by atoms with Crippen LogP contribution in [0.3, 0.4) is 0 Å². The summed E-state index contributed by atoms with van der Waals surface area (Å²) < 4.78 is 1.93. The zero-order chi connectivity index (χ0) is 11.0. The van der Waals surface area contributed by atoms with Crippen LogP contribution in [0.2, 0.25) is 0 Å². The molecule has 0 atom stereocenters. The van der Waals surface area contributed by atoms with E-state index in [9.17, 15) is 0 Å². The average molecular weight is 209 g/mol. The van der Waals surface area contributed by atoms with Crippen molar-refractivity contribution < 1.29 is 0 Å². The minimum Gasteiger partial charge on any atom is -0.291 e. The molecule has 0 aliphatic carbocycles. The van der Waals surface area contributed by atoms with Crippen LogP contribution in [0.5, 0.6) is 0 Å². The average Bonchev–Trinajstić information content (AvgIpc) is 2.72. The Hall–Kier alpha value is -2.16. The normalized spacial score (nSPS) is 10.8. The Bertz CT molecular complexity index is 607. The molecular formula is C13H11N3. The van der Waals surface area contributed by atoms with Gasteiger partial charge in [-0.05, 0) is 19.1 Å². The van der Waals surface area contributed by atoms with E-state index in [-0.39, 0.29) is 0 Å². The number of nitrogens with zero attached hydrogens (tertiary/aromatic N) is 3. The molecule has 1 aromatic carbocycles. The van der Waals surface area contributed by atoms with Gasteiger partial charge in [-0.1, -0.05) is 23.8 Å². The summed E-state index contributed by atoms with van der Waals surface area (Å²) in [6.45, 7) is 2.08. The van der Waals surface area contributed by atoms with Crippen LogP contribution in [0, 0.1) is 6.92 Å². The molecule has 0 N–H and O–H groups in total. The lowest BCUT2D eigenvalue weighted by Gasteiger charge is -1.96. The lowest BCUT2D eigenvalue weighted by atomic mass is 10.1. The number of aromatic nitrogens is 3. The van der Waals surface area contributed by atoms with Crippen molar-refractivity contribution in [1.29, 1.82) is 0 Å². The van der Waals surface area contributed by atoms with Crippen molar-refractivity contribution in [3.8, 4) is 11.3 Å². The first-order valence-corrected chi connectivity index (χ1v) is 5.20. The van der Waals surface area contributed by atoms with Gasteiger partial charge in [-0.25, -0.2) is 9.97 Å². The predicted molar refractivity (Wildman–Crippen MR) is 63.2 cm³/mol. The Morgan fingerprint density at radius 2 is 2.12 bits per heavy atom. The van der Waals surface area contributed by atoms with E-state index in [1.165, 1.54) is 5.56 Å². The van der Waals surface area contributed by atoms with Crippen molar-refractivity contribution in [3.63, 3.8) is 0 Å². The Morgan fingerprint density at radius 3 is 2.94 bits per heavy atom. The summed E-state index contributed by atoms with van der Waals surface area (Å²) >= 11 is 0. The molecular weight excluding hydrogens is 198 g/mol. The SMILES string of the molecule is Cc1cccc(-c2cn3cccnc3n2)c1. The molecule has 3 nitrogen and oxygen atoms in total. The van der Waals surface area contributed by atoms with Gasteiger partial charge in [-0.3, -0.25) is 4.40 Å². The third-order valence-corrected chi connectivity index (χ3v) is 2.55. The van der Waals surface area contributed by atoms with Crippen LogP contribution in [-0.4, -0.2) is 14.4 Å². The van der Waals surface area contributed by atoms with E-state index in [2.05, 4.69) is 35.1 Å². The van der Waals surface area contributed by atoms with Crippen LogP contribution < -0.4 is 0 Å². The standard InChI is InChI=1S/C13H11N3/c1-10-4-2-5-11(8-10)12-9-16-7-3-6-14-13(16)15-12/h2-9H,1H3. The number of fused-ring (bicyclic) bond motifs is 1. The number of aryl methyl sites for hydroxylation is 1. The molecule has 2 heterocycles. The van der Waals surface area contributed by atoms with Gasteiger partial charge in [0.15, 0.2) is 0 Å². The Labute approximate surface area is 93.4 Å². The lowest BCUT2D eigenvalue weighted by Crippen LogP contribution is -1.83. The van der Waals surface area contributed by atoms with Crippen molar-refractivity contribution in [3.05, 3.63) is 54.5 Å². The topological polar surface area (TPSA) is 30.2 Å². The van der Waals surface area contributed by atoms with Gasteiger partial charge in [0.2, 0.25) is 5.78 Å². The van der Waals surface area contributed by atoms with Gasteiger partial charge in [0.05, 0.1) is 5.69 Å². The van der Waals surface area contributed by atoms with E-state index < -0.39 is 0 Å². The van der Waals surface area contributed by atoms with Crippen molar-refractivity contribution >= 4 is 5.78 Å². The fraction of sp³-hybridized carbons (Fsp3) is 0.0769. The molecule has 0 unspecified atom stereocenters. The Morgan fingerprint density at radius 1 is 1.19 bits per heavy atom. The smallest absolute Gasteiger partial charge is 0.234 e. The van der Waals surface area contributed by atoms with Gasteiger partial charge in [-0.2, -0.15) is 0 Å². The fourth-order valence-corrected chi connectivity index (χ4v) is 1.77. The number of hydrogen-bond donors (Lipinski definition) is 0. The van der Waals surface area contributed by atoms with Gasteiger partial charge in [0.1, 0.15) is 0 Å². The van der Waals surface area contributed by atoms with Crippen molar-refractivity contribution in [2.45, 2.75) is 6.92 Å². The molecule has 78 valence electrons. The number of benzene rings is 1.